The topological polar surface area (TPSA) is 125 Å². The summed E-state index contributed by atoms with van der Waals surface area (Å²) in [4.78, 5) is 31.3. The van der Waals surface area contributed by atoms with E-state index in [1.165, 1.54) is 0 Å². The highest BCUT2D eigenvalue weighted by molar-refractivity contribution is 5.88. The fraction of sp³-hybridized carbons (Fsp3) is 0.609. The summed E-state index contributed by atoms with van der Waals surface area (Å²) in [5.74, 6) is 1.12. The van der Waals surface area contributed by atoms with Crippen LogP contribution in [-0.4, -0.2) is 68.3 Å². The average molecular weight is 465 g/mol. The Bertz CT molecular complexity index is 837. The molecule has 10 nitrogen and oxygen atoms in total. The molecule has 184 valence electrons. The third-order valence-corrected chi connectivity index (χ3v) is 5.02. The molecule has 1 heterocycles. The zero-order valence-corrected chi connectivity index (χ0v) is 20.2. The van der Waals surface area contributed by atoms with Gasteiger partial charge in [-0.3, -0.25) is 9.69 Å². The van der Waals surface area contributed by atoms with Crippen molar-refractivity contribution in [2.75, 3.05) is 33.9 Å². The van der Waals surface area contributed by atoms with Crippen molar-refractivity contribution in [1.29, 1.82) is 0 Å². The van der Waals surface area contributed by atoms with E-state index < -0.39 is 17.7 Å². The van der Waals surface area contributed by atoms with Gasteiger partial charge < -0.3 is 30.1 Å². The number of methoxy groups -OCH3 is 2. The van der Waals surface area contributed by atoms with Gasteiger partial charge in [-0.25, -0.2) is 4.79 Å². The summed E-state index contributed by atoms with van der Waals surface area (Å²) < 4.78 is 16.0. The maximum Gasteiger partial charge on any atom is 0.410 e. The Balaban J connectivity index is 1.80. The first kappa shape index (κ1) is 26.1. The van der Waals surface area contributed by atoms with Crippen LogP contribution in [0.15, 0.2) is 23.4 Å². The Morgan fingerprint density at radius 3 is 2.58 bits per heavy atom. The molecule has 1 aliphatic heterocycles. The number of benzene rings is 1. The monoisotopic (exact) mass is 464 g/mol. The number of hydrogen-bond donors (Lipinski definition) is 2. The molecule has 2 amide bonds. The third-order valence-electron chi connectivity index (χ3n) is 5.02. The Labute approximate surface area is 195 Å². The predicted octanol–water partition coefficient (Wildman–Crippen LogP) is 2.44. The standard InChI is InChI=1S/C23H36N4O6/c1-23(2,3)33-22(29)27-13-7-6-8-17(27)21(24)26-32-15-20(28)25-12-11-16-9-10-18(30-4)19(14-16)31-5/h9-10,14,17H,6-8,11-13,15H2,1-5H3,(H2,24,26)(H,25,28)/t17-/m0/s1. The van der Waals surface area contributed by atoms with Crippen LogP contribution in [0.4, 0.5) is 4.79 Å². The molecule has 1 aromatic rings. The number of nitrogens with zero attached hydrogens (tertiary/aromatic N) is 2. The van der Waals surface area contributed by atoms with Crippen LogP contribution in [-0.2, 0) is 20.8 Å². The fourth-order valence-corrected chi connectivity index (χ4v) is 3.44. The van der Waals surface area contributed by atoms with E-state index in [1.54, 1.807) is 19.1 Å². The van der Waals surface area contributed by atoms with Crippen LogP contribution in [0.25, 0.3) is 0 Å². The lowest BCUT2D eigenvalue weighted by molar-refractivity contribution is -0.125. The highest BCUT2D eigenvalue weighted by Gasteiger charge is 2.33. The molecule has 0 spiro atoms. The van der Waals surface area contributed by atoms with Crippen molar-refractivity contribution in [3.05, 3.63) is 23.8 Å². The lowest BCUT2D eigenvalue weighted by atomic mass is 10.0. The molecule has 0 bridgehead atoms. The van der Waals surface area contributed by atoms with E-state index in [4.69, 9.17) is 24.8 Å². The number of carbonyl (C=O) groups excluding carboxylic acids is 2. The molecule has 0 aromatic heterocycles. The summed E-state index contributed by atoms with van der Waals surface area (Å²) in [6, 6.07) is 5.19. The number of rotatable bonds is 9. The SMILES string of the molecule is COc1ccc(CCNC(=O)CO/N=C(/N)[C@@H]2CCCCN2C(=O)OC(C)(C)C)cc1OC. The molecule has 0 radical (unpaired) electrons. The van der Waals surface area contributed by atoms with Crippen molar-refractivity contribution in [1.82, 2.24) is 10.2 Å². The van der Waals surface area contributed by atoms with E-state index >= 15 is 0 Å². The van der Waals surface area contributed by atoms with Crippen LogP contribution in [0.5, 0.6) is 11.5 Å². The second kappa shape index (κ2) is 12.2. The first-order valence-corrected chi connectivity index (χ1v) is 11.1. The van der Waals surface area contributed by atoms with Crippen LogP contribution in [0.2, 0.25) is 0 Å². The van der Waals surface area contributed by atoms with Gasteiger partial charge in [-0.05, 0) is 64.2 Å². The molecule has 1 atom stereocenters. The highest BCUT2D eigenvalue weighted by atomic mass is 16.6. The molecule has 1 aliphatic rings. The van der Waals surface area contributed by atoms with Crippen molar-refractivity contribution < 1.29 is 28.6 Å². The fourth-order valence-electron chi connectivity index (χ4n) is 3.44. The molecule has 3 N–H and O–H groups in total. The number of amides is 2. The average Bonchev–Trinajstić information content (AvgIpc) is 2.77. The predicted molar refractivity (Wildman–Crippen MR) is 124 cm³/mol. The molecular weight excluding hydrogens is 428 g/mol. The Morgan fingerprint density at radius 1 is 1.18 bits per heavy atom. The van der Waals surface area contributed by atoms with Gasteiger partial charge in [0.25, 0.3) is 5.91 Å². The largest absolute Gasteiger partial charge is 0.493 e. The van der Waals surface area contributed by atoms with E-state index in [2.05, 4.69) is 10.5 Å². The van der Waals surface area contributed by atoms with Crippen molar-refractivity contribution >= 4 is 17.8 Å². The summed E-state index contributed by atoms with van der Waals surface area (Å²) in [7, 11) is 3.16. The molecule has 0 unspecified atom stereocenters. The molecular formula is C23H36N4O6. The van der Waals surface area contributed by atoms with E-state index in [0.717, 1.165) is 18.4 Å². The lowest BCUT2D eigenvalue weighted by Gasteiger charge is -2.36. The van der Waals surface area contributed by atoms with Crippen LogP contribution < -0.4 is 20.5 Å². The number of carbonyl (C=O) groups is 2. The number of ether oxygens (including phenoxy) is 3. The van der Waals surface area contributed by atoms with E-state index in [1.807, 2.05) is 39.0 Å². The van der Waals surface area contributed by atoms with Crippen molar-refractivity contribution in [2.24, 2.45) is 10.9 Å². The summed E-state index contributed by atoms with van der Waals surface area (Å²) in [5, 5.41) is 6.65. The summed E-state index contributed by atoms with van der Waals surface area (Å²) in [6.45, 7) is 6.13. The van der Waals surface area contributed by atoms with Gasteiger partial charge in [-0.15, -0.1) is 0 Å². The third kappa shape index (κ3) is 8.36. The van der Waals surface area contributed by atoms with Gasteiger partial charge in [0.15, 0.2) is 23.9 Å². The van der Waals surface area contributed by atoms with Crippen molar-refractivity contribution in [2.45, 2.75) is 58.1 Å². The minimum atomic E-state index is -0.601. The van der Waals surface area contributed by atoms with E-state index in [-0.39, 0.29) is 18.3 Å². The molecule has 1 fully saturated rings. The summed E-state index contributed by atoms with van der Waals surface area (Å²) >= 11 is 0. The normalized spacial score (nSPS) is 16.7. The quantitative estimate of drug-likeness (QED) is 0.327. The molecule has 1 aromatic carbocycles. The number of oxime groups is 1. The van der Waals surface area contributed by atoms with Crippen LogP contribution in [0, 0.1) is 0 Å². The smallest absolute Gasteiger partial charge is 0.410 e. The molecule has 1 saturated heterocycles. The number of likely N-dealkylation sites (tertiary alicyclic amines) is 1. The maximum absolute atomic E-state index is 12.5. The molecule has 0 saturated carbocycles. The Morgan fingerprint density at radius 2 is 1.91 bits per heavy atom. The lowest BCUT2D eigenvalue weighted by Crippen LogP contribution is -2.52. The van der Waals surface area contributed by atoms with Gasteiger partial charge in [0, 0.05) is 13.1 Å². The number of nitrogens with one attached hydrogen (secondary N) is 1. The summed E-state index contributed by atoms with van der Waals surface area (Å²) in [6.07, 6.45) is 2.63. The number of nitrogens with two attached hydrogens (primary N) is 1. The van der Waals surface area contributed by atoms with E-state index in [0.29, 0.717) is 37.4 Å². The van der Waals surface area contributed by atoms with Gasteiger partial charge in [-0.1, -0.05) is 11.2 Å². The zero-order chi connectivity index (χ0) is 24.4. The van der Waals surface area contributed by atoms with Gasteiger partial charge >= 0.3 is 6.09 Å². The number of hydrogen-bond acceptors (Lipinski definition) is 7. The first-order chi connectivity index (χ1) is 15.6. The zero-order valence-electron chi connectivity index (χ0n) is 20.2. The first-order valence-electron chi connectivity index (χ1n) is 11.1. The molecule has 10 heteroatoms. The number of piperidine rings is 1. The minimum absolute atomic E-state index is 0.152. The Kier molecular flexibility index (Phi) is 9.62. The van der Waals surface area contributed by atoms with Gasteiger partial charge in [-0.2, -0.15) is 0 Å². The van der Waals surface area contributed by atoms with Crippen molar-refractivity contribution in [3.63, 3.8) is 0 Å². The second-order valence-electron chi connectivity index (χ2n) is 8.76. The Hall–Kier alpha value is -3.17. The van der Waals surface area contributed by atoms with E-state index in [9.17, 15) is 9.59 Å². The summed E-state index contributed by atoms with van der Waals surface area (Å²) in [5.41, 5.74) is 6.47. The molecule has 2 rings (SSSR count). The van der Waals surface area contributed by atoms with Crippen LogP contribution >= 0.6 is 0 Å². The molecule has 33 heavy (non-hydrogen) atoms. The highest BCUT2D eigenvalue weighted by Crippen LogP contribution is 2.27. The molecule has 0 aliphatic carbocycles. The second-order valence-corrected chi connectivity index (χ2v) is 8.76. The van der Waals surface area contributed by atoms with Gasteiger partial charge in [0.1, 0.15) is 5.60 Å². The van der Waals surface area contributed by atoms with Crippen molar-refractivity contribution in [3.8, 4) is 11.5 Å². The van der Waals surface area contributed by atoms with Crippen LogP contribution in [0.1, 0.15) is 45.6 Å². The van der Waals surface area contributed by atoms with Gasteiger partial charge in [0.05, 0.1) is 20.3 Å². The minimum Gasteiger partial charge on any atom is -0.493 e. The number of amidine groups is 1. The van der Waals surface area contributed by atoms with Gasteiger partial charge in [0.2, 0.25) is 0 Å². The van der Waals surface area contributed by atoms with Crippen LogP contribution in [0.3, 0.4) is 0 Å². The maximum atomic E-state index is 12.5.